The highest BCUT2D eigenvalue weighted by molar-refractivity contribution is 5.87. The topological polar surface area (TPSA) is 66.4 Å². The van der Waals surface area contributed by atoms with E-state index in [1.165, 1.54) is 6.42 Å². The van der Waals surface area contributed by atoms with Gasteiger partial charge in [0.15, 0.2) is 0 Å². The first-order valence-corrected chi connectivity index (χ1v) is 7.12. The molecule has 0 heterocycles. The molecule has 1 saturated carbocycles. The van der Waals surface area contributed by atoms with Crippen LogP contribution in [0.4, 0.5) is 0 Å². The first-order valence-electron chi connectivity index (χ1n) is 7.12. The Balaban J connectivity index is 1.96. The summed E-state index contributed by atoms with van der Waals surface area (Å²) in [6.07, 6.45) is 5.31. The van der Waals surface area contributed by atoms with Crippen LogP contribution in [0, 0.1) is 5.41 Å². The average molecular weight is 275 g/mol. The molecular weight excluding hydrogens is 254 g/mol. The van der Waals surface area contributed by atoms with Crippen molar-refractivity contribution in [2.75, 3.05) is 0 Å². The number of carbonyl (C=O) groups is 2. The maximum absolute atomic E-state index is 12.3. The predicted octanol–water partition coefficient (Wildman–Crippen LogP) is 2.97. The number of carboxylic acid groups (broad SMARTS) is 1. The Morgan fingerprint density at radius 2 is 1.95 bits per heavy atom. The summed E-state index contributed by atoms with van der Waals surface area (Å²) in [5, 5.41) is 11.9. The fourth-order valence-corrected chi connectivity index (χ4v) is 2.77. The molecule has 2 N–H and O–H groups in total. The quantitative estimate of drug-likeness (QED) is 0.887. The number of hydrogen-bond donors (Lipinski definition) is 2. The van der Waals surface area contributed by atoms with Crippen LogP contribution in [0.25, 0.3) is 0 Å². The van der Waals surface area contributed by atoms with E-state index in [0.717, 1.165) is 31.2 Å². The minimum absolute atomic E-state index is 0.0814. The molecule has 0 aliphatic heterocycles. The largest absolute Gasteiger partial charge is 0.478 e. The van der Waals surface area contributed by atoms with Crippen LogP contribution in [0.1, 0.15) is 54.9 Å². The summed E-state index contributed by atoms with van der Waals surface area (Å²) in [6.45, 7) is 2.41. The fraction of sp³-hybridized carbons (Fsp3) is 0.500. The Morgan fingerprint density at radius 1 is 1.25 bits per heavy atom. The van der Waals surface area contributed by atoms with Gasteiger partial charge in [0.1, 0.15) is 0 Å². The van der Waals surface area contributed by atoms with Crippen LogP contribution in [0.3, 0.4) is 0 Å². The van der Waals surface area contributed by atoms with Gasteiger partial charge in [-0.3, -0.25) is 4.79 Å². The lowest BCUT2D eigenvalue weighted by Gasteiger charge is -2.32. The first kappa shape index (κ1) is 14.6. The van der Waals surface area contributed by atoms with Gasteiger partial charge in [-0.1, -0.05) is 38.3 Å². The average Bonchev–Trinajstić information content (AvgIpc) is 2.45. The van der Waals surface area contributed by atoms with Crippen molar-refractivity contribution in [1.29, 1.82) is 0 Å². The number of nitrogens with one attached hydrogen (secondary N) is 1. The molecule has 1 aliphatic carbocycles. The second-order valence-electron chi connectivity index (χ2n) is 5.81. The van der Waals surface area contributed by atoms with E-state index in [4.69, 9.17) is 5.11 Å². The van der Waals surface area contributed by atoms with Gasteiger partial charge in [0.05, 0.1) is 5.56 Å². The summed E-state index contributed by atoms with van der Waals surface area (Å²) >= 11 is 0. The van der Waals surface area contributed by atoms with E-state index in [2.05, 4.69) is 5.32 Å². The smallest absolute Gasteiger partial charge is 0.335 e. The highest BCUT2D eigenvalue weighted by Gasteiger charge is 2.34. The van der Waals surface area contributed by atoms with Crippen LogP contribution < -0.4 is 5.32 Å². The molecule has 0 unspecified atom stereocenters. The molecule has 1 aromatic carbocycles. The Hall–Kier alpha value is -1.84. The molecule has 1 aromatic rings. The van der Waals surface area contributed by atoms with Gasteiger partial charge >= 0.3 is 5.97 Å². The van der Waals surface area contributed by atoms with Gasteiger partial charge in [0.2, 0.25) is 5.91 Å². The van der Waals surface area contributed by atoms with Crippen molar-refractivity contribution in [3.63, 3.8) is 0 Å². The third kappa shape index (κ3) is 3.38. The molecule has 4 heteroatoms. The van der Waals surface area contributed by atoms with E-state index >= 15 is 0 Å². The lowest BCUT2D eigenvalue weighted by atomic mass is 9.75. The lowest BCUT2D eigenvalue weighted by Crippen LogP contribution is -2.39. The number of hydrogen-bond acceptors (Lipinski definition) is 2. The molecule has 108 valence electrons. The zero-order valence-corrected chi connectivity index (χ0v) is 11.8. The zero-order valence-electron chi connectivity index (χ0n) is 11.8. The van der Waals surface area contributed by atoms with Gasteiger partial charge in [-0.2, -0.15) is 0 Å². The van der Waals surface area contributed by atoms with Crippen LogP contribution >= 0.6 is 0 Å². The maximum Gasteiger partial charge on any atom is 0.335 e. The molecule has 0 atom stereocenters. The van der Waals surface area contributed by atoms with Crippen LogP contribution in [-0.4, -0.2) is 17.0 Å². The second kappa shape index (κ2) is 6.07. The summed E-state index contributed by atoms with van der Waals surface area (Å²) in [4.78, 5) is 23.2. The highest BCUT2D eigenvalue weighted by Crippen LogP contribution is 2.35. The molecule has 0 radical (unpaired) electrons. The fourth-order valence-electron chi connectivity index (χ4n) is 2.77. The monoisotopic (exact) mass is 275 g/mol. The van der Waals surface area contributed by atoms with Crippen molar-refractivity contribution in [1.82, 2.24) is 5.32 Å². The van der Waals surface area contributed by atoms with Crippen LogP contribution in [0.2, 0.25) is 0 Å². The molecule has 1 amide bonds. The normalized spacial score (nSPS) is 17.4. The van der Waals surface area contributed by atoms with Crippen LogP contribution in [-0.2, 0) is 11.3 Å². The first-order chi connectivity index (χ1) is 9.51. The third-order valence-electron chi connectivity index (χ3n) is 4.13. The van der Waals surface area contributed by atoms with E-state index in [0.29, 0.717) is 6.54 Å². The van der Waals surface area contributed by atoms with Crippen molar-refractivity contribution < 1.29 is 14.7 Å². The minimum Gasteiger partial charge on any atom is -0.478 e. The molecule has 2 rings (SSSR count). The molecule has 0 bridgehead atoms. The van der Waals surface area contributed by atoms with E-state index in [-0.39, 0.29) is 16.9 Å². The lowest BCUT2D eigenvalue weighted by molar-refractivity contribution is -0.132. The summed E-state index contributed by atoms with van der Waals surface area (Å²) in [6, 6.07) is 6.69. The van der Waals surface area contributed by atoms with E-state index < -0.39 is 5.97 Å². The number of rotatable bonds is 4. The van der Waals surface area contributed by atoms with Crippen molar-refractivity contribution in [3.8, 4) is 0 Å². The van der Waals surface area contributed by atoms with Gasteiger partial charge in [0.25, 0.3) is 0 Å². The second-order valence-corrected chi connectivity index (χ2v) is 5.81. The van der Waals surface area contributed by atoms with Crippen molar-refractivity contribution in [3.05, 3.63) is 35.4 Å². The predicted molar refractivity (Wildman–Crippen MR) is 76.4 cm³/mol. The minimum atomic E-state index is -0.947. The Labute approximate surface area is 119 Å². The molecule has 0 aromatic heterocycles. The van der Waals surface area contributed by atoms with Gasteiger partial charge in [0, 0.05) is 12.0 Å². The number of carbonyl (C=O) groups excluding carboxylic acids is 1. The molecule has 4 nitrogen and oxygen atoms in total. The molecular formula is C16H21NO3. The van der Waals surface area contributed by atoms with Gasteiger partial charge < -0.3 is 10.4 Å². The highest BCUT2D eigenvalue weighted by atomic mass is 16.4. The van der Waals surface area contributed by atoms with Crippen molar-refractivity contribution >= 4 is 11.9 Å². The number of benzene rings is 1. The van der Waals surface area contributed by atoms with Crippen molar-refractivity contribution in [2.45, 2.75) is 45.6 Å². The van der Waals surface area contributed by atoms with Gasteiger partial charge in [-0.15, -0.1) is 0 Å². The molecule has 20 heavy (non-hydrogen) atoms. The summed E-state index contributed by atoms with van der Waals surface area (Å²) in [7, 11) is 0. The molecule has 1 aliphatic rings. The standard InChI is InChI=1S/C16H21NO3/c1-16(8-3-2-4-9-16)15(20)17-11-12-6-5-7-13(10-12)14(18)19/h5-7,10H,2-4,8-9,11H2,1H3,(H,17,20)(H,18,19). The maximum atomic E-state index is 12.3. The number of carboxylic acids is 1. The number of amides is 1. The van der Waals surface area contributed by atoms with Crippen LogP contribution in [0.5, 0.6) is 0 Å². The van der Waals surface area contributed by atoms with Gasteiger partial charge in [-0.25, -0.2) is 4.79 Å². The Bertz CT molecular complexity index is 504. The van der Waals surface area contributed by atoms with Crippen LogP contribution in [0.15, 0.2) is 24.3 Å². The summed E-state index contributed by atoms with van der Waals surface area (Å²) in [5.74, 6) is -0.865. The Morgan fingerprint density at radius 3 is 2.60 bits per heavy atom. The zero-order chi connectivity index (χ0) is 14.6. The molecule has 0 saturated heterocycles. The molecule has 0 spiro atoms. The van der Waals surface area contributed by atoms with Gasteiger partial charge in [-0.05, 0) is 30.5 Å². The Kier molecular flexibility index (Phi) is 4.42. The van der Waals surface area contributed by atoms with E-state index in [1.54, 1.807) is 18.2 Å². The van der Waals surface area contributed by atoms with E-state index in [1.807, 2.05) is 13.0 Å². The SMILES string of the molecule is CC1(C(=O)NCc2cccc(C(=O)O)c2)CCCCC1. The van der Waals surface area contributed by atoms with Crippen molar-refractivity contribution in [2.24, 2.45) is 5.41 Å². The number of aromatic carboxylic acids is 1. The molecule has 1 fully saturated rings. The third-order valence-corrected chi connectivity index (χ3v) is 4.13. The summed E-state index contributed by atoms with van der Waals surface area (Å²) in [5.41, 5.74) is 0.807. The summed E-state index contributed by atoms with van der Waals surface area (Å²) < 4.78 is 0. The van der Waals surface area contributed by atoms with E-state index in [9.17, 15) is 9.59 Å².